The Labute approximate surface area is 114 Å². The quantitative estimate of drug-likeness (QED) is 0.680. The Hall–Kier alpha value is -1.99. The first-order chi connectivity index (χ1) is 9.20. The Morgan fingerprint density at radius 2 is 2.00 bits per heavy atom. The molecule has 0 amide bonds. The van der Waals surface area contributed by atoms with Crippen LogP contribution in [0, 0.1) is 6.92 Å². The van der Waals surface area contributed by atoms with E-state index in [9.17, 15) is 18.0 Å². The number of fused-ring (bicyclic) bond motifs is 1. The van der Waals surface area contributed by atoms with E-state index in [1.807, 2.05) is 0 Å². The van der Waals surface area contributed by atoms with Crippen LogP contribution in [0.3, 0.4) is 0 Å². The summed E-state index contributed by atoms with van der Waals surface area (Å²) in [6.07, 6.45) is -0.0831. The molecule has 0 radical (unpaired) electrons. The molecule has 0 saturated heterocycles. The second-order valence-electron chi connectivity index (χ2n) is 4.50. The Kier molecular flexibility index (Phi) is 3.49. The van der Waals surface area contributed by atoms with Gasteiger partial charge in [-0.1, -0.05) is 0 Å². The normalized spacial score (nSPS) is 11.8. The highest BCUT2D eigenvalue weighted by molar-refractivity contribution is 7.85. The van der Waals surface area contributed by atoms with E-state index in [-0.39, 0.29) is 28.2 Å². The van der Waals surface area contributed by atoms with Crippen LogP contribution in [0.5, 0.6) is 0 Å². The summed E-state index contributed by atoms with van der Waals surface area (Å²) >= 11 is 0. The van der Waals surface area contributed by atoms with Crippen LogP contribution >= 0.6 is 0 Å². The highest BCUT2D eigenvalue weighted by atomic mass is 32.2. The fourth-order valence-electron chi connectivity index (χ4n) is 1.98. The van der Waals surface area contributed by atoms with Gasteiger partial charge in [0, 0.05) is 17.4 Å². The summed E-state index contributed by atoms with van der Waals surface area (Å²) in [5.41, 5.74) is 0.242. The molecule has 1 aromatic heterocycles. The van der Waals surface area contributed by atoms with Gasteiger partial charge in [0.05, 0.1) is 4.90 Å². The van der Waals surface area contributed by atoms with Gasteiger partial charge in [0.2, 0.25) is 0 Å². The number of rotatable bonds is 3. The molecule has 2 rings (SSSR count). The van der Waals surface area contributed by atoms with Gasteiger partial charge in [-0.25, -0.2) is 4.79 Å². The molecular weight excluding hydrogens is 284 g/mol. The lowest BCUT2D eigenvalue weighted by molar-refractivity contribution is -0.116. The third kappa shape index (κ3) is 2.63. The highest BCUT2D eigenvalue weighted by Gasteiger charge is 2.16. The summed E-state index contributed by atoms with van der Waals surface area (Å²) in [7, 11) is -4.34. The zero-order valence-corrected chi connectivity index (χ0v) is 11.7. The molecule has 0 aliphatic heterocycles. The maximum atomic E-state index is 11.8. The smallest absolute Gasteiger partial charge is 0.340 e. The molecule has 0 aliphatic carbocycles. The second-order valence-corrected chi connectivity index (χ2v) is 5.93. The zero-order chi connectivity index (χ0) is 15.1. The van der Waals surface area contributed by atoms with E-state index in [1.165, 1.54) is 19.1 Å². The number of carbonyl (C=O) groups is 1. The maximum Gasteiger partial charge on any atom is 0.340 e. The molecule has 0 fully saturated rings. The third-order valence-electron chi connectivity index (χ3n) is 2.98. The molecule has 0 bridgehead atoms. The molecule has 0 unspecified atom stereocenters. The van der Waals surface area contributed by atoms with E-state index in [0.29, 0.717) is 10.9 Å². The number of hydrogen-bond donors (Lipinski definition) is 1. The predicted octanol–water partition coefficient (Wildman–Crippen LogP) is 1.48. The maximum absolute atomic E-state index is 11.8. The lowest BCUT2D eigenvalue weighted by Gasteiger charge is -2.07. The zero-order valence-electron chi connectivity index (χ0n) is 10.8. The largest absolute Gasteiger partial charge is 0.423 e. The van der Waals surface area contributed by atoms with E-state index < -0.39 is 15.7 Å². The summed E-state index contributed by atoms with van der Waals surface area (Å²) in [6.45, 7) is 2.95. The molecule has 0 spiro atoms. The van der Waals surface area contributed by atoms with Crippen molar-refractivity contribution in [3.05, 3.63) is 39.7 Å². The first kappa shape index (κ1) is 14.4. The monoisotopic (exact) mass is 296 g/mol. The van der Waals surface area contributed by atoms with Crippen molar-refractivity contribution >= 4 is 26.9 Å². The van der Waals surface area contributed by atoms with Crippen LogP contribution in [0.4, 0.5) is 0 Å². The van der Waals surface area contributed by atoms with Crippen LogP contribution in [0.25, 0.3) is 11.0 Å². The van der Waals surface area contributed by atoms with Crippen LogP contribution in [-0.2, 0) is 21.3 Å². The Bertz CT molecular complexity index is 860. The average Bonchev–Trinajstić information content (AvgIpc) is 2.32. The molecule has 0 saturated carbocycles. The van der Waals surface area contributed by atoms with Crippen LogP contribution in [0.2, 0.25) is 0 Å². The molecule has 1 N–H and O–H groups in total. The summed E-state index contributed by atoms with van der Waals surface area (Å²) < 4.78 is 36.3. The van der Waals surface area contributed by atoms with Crippen LogP contribution < -0.4 is 5.63 Å². The molecule has 20 heavy (non-hydrogen) atoms. The van der Waals surface area contributed by atoms with Gasteiger partial charge in [-0.05, 0) is 37.6 Å². The number of aryl methyl sites for hydroxylation is 1. The number of hydrogen-bond acceptors (Lipinski definition) is 5. The molecule has 0 atom stereocenters. The van der Waals surface area contributed by atoms with Crippen molar-refractivity contribution in [2.24, 2.45) is 0 Å². The molecule has 6 nitrogen and oxygen atoms in total. The molecule has 0 aliphatic rings. The Morgan fingerprint density at radius 3 is 2.55 bits per heavy atom. The average molecular weight is 296 g/mol. The van der Waals surface area contributed by atoms with Gasteiger partial charge in [0.1, 0.15) is 11.4 Å². The van der Waals surface area contributed by atoms with Crippen LogP contribution in [0.15, 0.2) is 32.3 Å². The molecule has 2 aromatic rings. The van der Waals surface area contributed by atoms with Crippen molar-refractivity contribution in [1.29, 1.82) is 0 Å². The van der Waals surface area contributed by atoms with Crippen LogP contribution in [-0.4, -0.2) is 18.8 Å². The molecular formula is C13H12O6S. The van der Waals surface area contributed by atoms with E-state index >= 15 is 0 Å². The van der Waals surface area contributed by atoms with E-state index in [4.69, 9.17) is 8.97 Å². The van der Waals surface area contributed by atoms with Gasteiger partial charge in [-0.15, -0.1) is 0 Å². The van der Waals surface area contributed by atoms with E-state index in [2.05, 4.69) is 0 Å². The minimum Gasteiger partial charge on any atom is -0.423 e. The lowest BCUT2D eigenvalue weighted by Crippen LogP contribution is -2.13. The summed E-state index contributed by atoms with van der Waals surface area (Å²) in [4.78, 5) is 22.7. The third-order valence-corrected chi connectivity index (χ3v) is 3.83. The van der Waals surface area contributed by atoms with Gasteiger partial charge < -0.3 is 4.42 Å². The topological polar surface area (TPSA) is 102 Å². The first-order valence-electron chi connectivity index (χ1n) is 5.73. The first-order valence-corrected chi connectivity index (χ1v) is 7.17. The molecule has 1 heterocycles. The number of ketones is 1. The van der Waals surface area contributed by atoms with Crippen molar-refractivity contribution < 1.29 is 22.2 Å². The minimum absolute atomic E-state index is 0.0831. The van der Waals surface area contributed by atoms with Gasteiger partial charge >= 0.3 is 5.63 Å². The number of carbonyl (C=O) groups excluding carboxylic acids is 1. The van der Waals surface area contributed by atoms with Gasteiger partial charge in [-0.2, -0.15) is 8.42 Å². The lowest BCUT2D eigenvalue weighted by atomic mass is 10.0. The Morgan fingerprint density at radius 1 is 1.35 bits per heavy atom. The Balaban J connectivity index is 2.81. The number of benzene rings is 1. The number of Topliss-reactive ketones (excluding diaryl/α,β-unsaturated/α-hetero) is 1. The van der Waals surface area contributed by atoms with E-state index in [0.717, 1.165) is 6.07 Å². The highest BCUT2D eigenvalue weighted by Crippen LogP contribution is 2.23. The van der Waals surface area contributed by atoms with Crippen molar-refractivity contribution in [1.82, 2.24) is 0 Å². The standard InChI is InChI=1S/C13H12O6S/c1-7(14)5-11-8(2)10-6-9(20(16,17)18)3-4-12(10)19-13(11)15/h3-4,6H,5H2,1-2H3,(H,16,17,18). The SMILES string of the molecule is CC(=O)Cc1c(C)c2cc(S(=O)(=O)O)ccc2oc1=O. The minimum atomic E-state index is -4.34. The second kappa shape index (κ2) is 4.84. The van der Waals surface area contributed by atoms with Crippen molar-refractivity contribution in [2.45, 2.75) is 25.2 Å². The fourth-order valence-corrected chi connectivity index (χ4v) is 2.49. The summed E-state index contributed by atoms with van der Waals surface area (Å²) in [6, 6.07) is 3.65. The molecule has 1 aromatic carbocycles. The van der Waals surface area contributed by atoms with Crippen molar-refractivity contribution in [3.8, 4) is 0 Å². The van der Waals surface area contributed by atoms with Gasteiger partial charge in [-0.3, -0.25) is 9.35 Å². The van der Waals surface area contributed by atoms with Crippen LogP contribution in [0.1, 0.15) is 18.1 Å². The fraction of sp³-hybridized carbons (Fsp3) is 0.231. The molecule has 106 valence electrons. The van der Waals surface area contributed by atoms with E-state index in [1.54, 1.807) is 6.92 Å². The molecule has 7 heteroatoms. The van der Waals surface area contributed by atoms with Crippen molar-refractivity contribution in [2.75, 3.05) is 0 Å². The van der Waals surface area contributed by atoms with Crippen molar-refractivity contribution in [3.63, 3.8) is 0 Å². The van der Waals surface area contributed by atoms with Gasteiger partial charge in [0.15, 0.2) is 0 Å². The summed E-state index contributed by atoms with van der Waals surface area (Å²) in [5, 5.41) is 0.371. The summed E-state index contributed by atoms with van der Waals surface area (Å²) in [5.74, 6) is -0.203. The van der Waals surface area contributed by atoms with Gasteiger partial charge in [0.25, 0.3) is 10.1 Å². The predicted molar refractivity (Wildman–Crippen MR) is 71.4 cm³/mol.